The van der Waals surface area contributed by atoms with Gasteiger partial charge in [0, 0.05) is 11.8 Å². The van der Waals surface area contributed by atoms with Crippen molar-refractivity contribution in [2.45, 2.75) is 0 Å². The number of nitrogens with zero attached hydrogens (tertiary/aromatic N) is 1. The zero-order valence-corrected chi connectivity index (χ0v) is 5.63. The average Bonchev–Trinajstić information content (AvgIpc) is 1.67. The number of halogens is 3. The Morgan fingerprint density at radius 1 is 1.62 bits per heavy atom. The van der Waals surface area contributed by atoms with Crippen molar-refractivity contribution < 1.29 is 12.9 Å². The van der Waals surface area contributed by atoms with Gasteiger partial charge in [-0.1, -0.05) is 4.48 Å². The fourth-order valence-corrected chi connectivity index (χ4v) is 0.469. The van der Waals surface area contributed by atoms with Crippen molar-refractivity contribution in [1.82, 2.24) is 8.29 Å². The van der Waals surface area contributed by atoms with Gasteiger partial charge in [0.25, 0.3) is 0 Å². The van der Waals surface area contributed by atoms with Gasteiger partial charge in [-0.15, -0.1) is 4.24 Å². The molecule has 0 radical (unpaired) electrons. The molecule has 8 heteroatoms. The minimum atomic E-state index is -4.29. The number of nitrogens with one attached hydrogen (secondary N) is 1. The lowest BCUT2D eigenvalue weighted by Crippen LogP contribution is -2.22. The highest BCUT2D eigenvalue weighted by molar-refractivity contribution is 7.88. The highest BCUT2D eigenvalue weighted by Crippen LogP contribution is 2.01. The van der Waals surface area contributed by atoms with Gasteiger partial charge in [0.05, 0.1) is 4.05 Å². The van der Waals surface area contributed by atoms with Gasteiger partial charge in [0.15, 0.2) is 0 Å². The first-order valence-corrected chi connectivity index (χ1v) is 3.40. The molecular weight excluding hydrogens is 182 g/mol. The van der Waals surface area contributed by atoms with Gasteiger partial charge in [0.1, 0.15) is 0 Å². The van der Waals surface area contributed by atoms with Gasteiger partial charge in [0.2, 0.25) is 0 Å². The van der Waals surface area contributed by atoms with Crippen molar-refractivity contribution in [3.63, 3.8) is 0 Å². The first-order valence-electron chi connectivity index (χ1n) is 1.25. The van der Waals surface area contributed by atoms with E-state index < -0.39 is 14.3 Å². The number of rotatable bonds is 2. The highest BCUT2D eigenvalue weighted by atomic mass is 35.5. The van der Waals surface area contributed by atoms with Crippen LogP contribution in [0.3, 0.4) is 0 Å². The molecule has 0 rings (SSSR count). The summed E-state index contributed by atoms with van der Waals surface area (Å²) in [5, 5.41) is 0. The molecule has 0 spiro atoms. The molecule has 0 aromatic heterocycles. The van der Waals surface area contributed by atoms with Crippen molar-refractivity contribution in [3.8, 4) is 0 Å². The van der Waals surface area contributed by atoms with Crippen LogP contribution in [-0.4, -0.2) is 12.5 Å². The lowest BCUT2D eigenvalue weighted by molar-refractivity contribution is 0.262. The molecule has 8 heavy (non-hydrogen) atoms. The summed E-state index contributed by atoms with van der Waals surface area (Å²) in [6, 6.07) is 0. The van der Waals surface area contributed by atoms with Crippen molar-refractivity contribution in [1.29, 1.82) is 0 Å². The third-order valence-corrected chi connectivity index (χ3v) is 1.97. The van der Waals surface area contributed by atoms with Crippen LogP contribution < -0.4 is 4.24 Å². The topological polar surface area (TPSA) is 49.4 Å². The Balaban J connectivity index is 4.17. The Morgan fingerprint density at radius 3 is 2.00 bits per heavy atom. The molecule has 0 aromatic carbocycles. The van der Waals surface area contributed by atoms with E-state index in [2.05, 4.69) is 23.6 Å². The van der Waals surface area contributed by atoms with Crippen LogP contribution in [0.1, 0.15) is 0 Å². The van der Waals surface area contributed by atoms with Crippen LogP contribution in [0, 0.1) is 0 Å². The largest absolute Gasteiger partial charge is 0.333 e. The van der Waals surface area contributed by atoms with Gasteiger partial charge >= 0.3 is 10.2 Å². The molecule has 4 nitrogen and oxygen atoms in total. The minimum Gasteiger partial charge on any atom is -0.190 e. The minimum absolute atomic E-state index is 1.06. The number of hydrogen-bond donors (Lipinski definition) is 1. The zero-order valence-electron chi connectivity index (χ0n) is 3.31. The zero-order chi connectivity index (χ0) is 6.78. The lowest BCUT2D eigenvalue weighted by atomic mass is 13.7. The Labute approximate surface area is 55.5 Å². The van der Waals surface area contributed by atoms with E-state index in [0.717, 1.165) is 4.24 Å². The van der Waals surface area contributed by atoms with Crippen LogP contribution in [-0.2, 0) is 10.2 Å². The van der Waals surface area contributed by atoms with E-state index in [9.17, 15) is 12.9 Å². The molecule has 50 valence electrons. The van der Waals surface area contributed by atoms with Gasteiger partial charge in [-0.3, -0.25) is 0 Å². The van der Waals surface area contributed by atoms with Crippen molar-refractivity contribution in [2.75, 3.05) is 0 Å². The fraction of sp³-hybridized carbons (Fsp3) is 0. The molecule has 0 aliphatic rings. The van der Waals surface area contributed by atoms with Gasteiger partial charge in [-0.05, 0) is 11.8 Å². The summed E-state index contributed by atoms with van der Waals surface area (Å²) in [5.41, 5.74) is 0. The molecule has 0 amide bonds. The molecule has 0 saturated heterocycles. The van der Waals surface area contributed by atoms with E-state index in [-0.39, 0.29) is 0 Å². The summed E-state index contributed by atoms with van der Waals surface area (Å²) in [6.07, 6.45) is 0. The van der Waals surface area contributed by atoms with Gasteiger partial charge in [-0.25, -0.2) is 0 Å². The van der Waals surface area contributed by atoms with Gasteiger partial charge in [-0.2, -0.15) is 8.42 Å². The smallest absolute Gasteiger partial charge is 0.190 e. The van der Waals surface area contributed by atoms with E-state index in [1.807, 2.05) is 0 Å². The maximum absolute atomic E-state index is 11.3. The van der Waals surface area contributed by atoms with Crippen LogP contribution in [0.15, 0.2) is 0 Å². The molecule has 0 aliphatic heterocycles. The summed E-state index contributed by atoms with van der Waals surface area (Å²) < 4.78 is 31.1. The quantitative estimate of drug-likeness (QED) is 0.626. The van der Waals surface area contributed by atoms with Crippen LogP contribution in [0.4, 0.5) is 4.48 Å². The third kappa shape index (κ3) is 2.10. The Kier molecular flexibility index (Phi) is 2.92. The van der Waals surface area contributed by atoms with E-state index in [4.69, 9.17) is 0 Å². The second kappa shape index (κ2) is 2.79. The van der Waals surface area contributed by atoms with E-state index in [1.54, 1.807) is 0 Å². The normalized spacial score (nSPS) is 12.5. The molecule has 0 aromatic rings. The average molecular weight is 183 g/mol. The van der Waals surface area contributed by atoms with Gasteiger partial charge < -0.3 is 0 Å². The van der Waals surface area contributed by atoms with E-state index in [1.165, 1.54) is 0 Å². The lowest BCUT2D eigenvalue weighted by Gasteiger charge is -1.97. The van der Waals surface area contributed by atoms with Crippen molar-refractivity contribution in [2.24, 2.45) is 0 Å². The molecular formula is HCl2FN2O2S. The monoisotopic (exact) mass is 182 g/mol. The van der Waals surface area contributed by atoms with Crippen LogP contribution >= 0.6 is 23.6 Å². The summed E-state index contributed by atoms with van der Waals surface area (Å²) in [4.78, 5) is 0. The molecule has 0 bridgehead atoms. The molecule has 0 fully saturated rings. The molecule has 0 aliphatic carbocycles. The van der Waals surface area contributed by atoms with Crippen LogP contribution in [0.5, 0.6) is 0 Å². The first kappa shape index (κ1) is 8.38. The Bertz CT molecular complexity index is 151. The molecule has 0 unspecified atom stereocenters. The SMILES string of the molecule is O=S(=O)(NCl)N(F)Cl. The maximum Gasteiger partial charge on any atom is 0.333 e. The fourth-order valence-electron chi connectivity index (χ4n) is 0.0261. The van der Waals surface area contributed by atoms with Crippen molar-refractivity contribution in [3.05, 3.63) is 0 Å². The third-order valence-electron chi connectivity index (χ3n) is 0.279. The summed E-state index contributed by atoms with van der Waals surface area (Å²) in [7, 11) is -4.29. The van der Waals surface area contributed by atoms with Crippen LogP contribution in [0.2, 0.25) is 0 Å². The Morgan fingerprint density at radius 2 is 2.00 bits per heavy atom. The Hall–Kier alpha value is 0.380. The van der Waals surface area contributed by atoms with E-state index in [0.29, 0.717) is 0 Å². The van der Waals surface area contributed by atoms with Crippen molar-refractivity contribution >= 4 is 33.8 Å². The van der Waals surface area contributed by atoms with E-state index >= 15 is 0 Å². The summed E-state index contributed by atoms with van der Waals surface area (Å²) in [5.74, 6) is 0. The predicted octanol–water partition coefficient (Wildman–Crippen LogP) is 0.315. The predicted molar refractivity (Wildman–Crippen MR) is 26.7 cm³/mol. The summed E-state index contributed by atoms with van der Waals surface area (Å²) in [6.45, 7) is 0. The molecule has 0 heterocycles. The second-order valence-electron chi connectivity index (χ2n) is 0.754. The number of hydrogen-bond acceptors (Lipinski definition) is 2. The molecule has 0 atom stereocenters. The molecule has 1 N–H and O–H groups in total. The first-order chi connectivity index (χ1) is 3.50. The van der Waals surface area contributed by atoms with Crippen LogP contribution in [0.25, 0.3) is 0 Å². The summed E-state index contributed by atoms with van der Waals surface area (Å²) >= 11 is 8.79. The standard InChI is InChI=1S/Cl2FHN2O2S/c1-4-8(6,7)5(2)3/h4H. The molecule has 0 saturated carbocycles. The maximum atomic E-state index is 11.3. The highest BCUT2D eigenvalue weighted by Gasteiger charge is 2.16. The second-order valence-corrected chi connectivity index (χ2v) is 3.14.